The Kier molecular flexibility index (Phi) is 3.74. The second-order valence-corrected chi connectivity index (χ2v) is 7.71. The maximum absolute atomic E-state index is 11.4. The average molecular weight is 349 g/mol. The number of carbonyl (C=O) groups excluding carboxylic acids is 1. The summed E-state index contributed by atoms with van der Waals surface area (Å²) in [7, 11) is -3.25. The summed E-state index contributed by atoms with van der Waals surface area (Å²) < 4.78 is 28.1. The largest absolute Gasteiger partial charge is 0.366 e. The third kappa shape index (κ3) is 3.15. The van der Waals surface area contributed by atoms with Crippen molar-refractivity contribution in [2.75, 3.05) is 6.26 Å². The van der Waals surface area contributed by atoms with Crippen LogP contribution in [-0.4, -0.2) is 30.7 Å². The maximum Gasteiger partial charge on any atom is 0.268 e. The Hall–Kier alpha value is -2.52. The summed E-state index contributed by atoms with van der Waals surface area (Å²) in [6.45, 7) is 0. The predicted octanol–water partition coefficient (Wildman–Crippen LogP) is 1.97. The maximum atomic E-state index is 11.4. The molecule has 2 heterocycles. The normalized spacial score (nSPS) is 11.5. The molecule has 0 aliphatic carbocycles. The third-order valence-corrected chi connectivity index (χ3v) is 5.11. The van der Waals surface area contributed by atoms with Crippen LogP contribution in [0.3, 0.4) is 0 Å². The monoisotopic (exact) mass is 349 g/mol. The van der Waals surface area contributed by atoms with E-state index in [1.165, 1.54) is 23.5 Å². The number of aromatic nitrogens is 2. The molecule has 0 spiro atoms. The Morgan fingerprint density at radius 3 is 2.52 bits per heavy atom. The topological polar surface area (TPSA) is 116 Å². The van der Waals surface area contributed by atoms with Gasteiger partial charge in [-0.15, -0.1) is 11.3 Å². The molecule has 1 amide bonds. The highest BCUT2D eigenvalue weighted by atomic mass is 32.2. The molecule has 0 atom stereocenters. The molecule has 118 valence electrons. The molecule has 0 bridgehead atoms. The van der Waals surface area contributed by atoms with Gasteiger partial charge in [0.15, 0.2) is 9.84 Å². The molecule has 0 aliphatic rings. The molecule has 0 radical (unpaired) electrons. The van der Waals surface area contributed by atoms with E-state index in [-0.39, 0.29) is 10.8 Å². The van der Waals surface area contributed by atoms with E-state index in [1.807, 2.05) is 0 Å². The number of sulfone groups is 1. The zero-order chi connectivity index (χ0) is 16.6. The van der Waals surface area contributed by atoms with Crippen molar-refractivity contribution in [3.8, 4) is 22.2 Å². The molecule has 0 aliphatic heterocycles. The van der Waals surface area contributed by atoms with E-state index in [0.29, 0.717) is 21.8 Å². The summed E-state index contributed by atoms with van der Waals surface area (Å²) in [5.41, 5.74) is 6.20. The first-order valence-corrected chi connectivity index (χ1v) is 9.14. The molecule has 0 saturated carbocycles. The van der Waals surface area contributed by atoms with Gasteiger partial charge in [-0.1, -0.05) is 5.16 Å². The first-order valence-electron chi connectivity index (χ1n) is 6.37. The summed E-state index contributed by atoms with van der Waals surface area (Å²) in [6, 6.07) is 7.76. The zero-order valence-corrected chi connectivity index (χ0v) is 13.5. The van der Waals surface area contributed by atoms with Crippen molar-refractivity contribution < 1.29 is 17.7 Å². The summed E-state index contributed by atoms with van der Waals surface area (Å²) in [5, 5.41) is 5.48. The van der Waals surface area contributed by atoms with E-state index in [1.54, 1.807) is 23.6 Å². The highest BCUT2D eigenvalue weighted by Gasteiger charge is 2.15. The van der Waals surface area contributed by atoms with Crippen molar-refractivity contribution in [2.24, 2.45) is 5.73 Å². The zero-order valence-electron chi connectivity index (χ0n) is 11.9. The van der Waals surface area contributed by atoms with Crippen molar-refractivity contribution in [3.63, 3.8) is 0 Å². The van der Waals surface area contributed by atoms with Crippen molar-refractivity contribution in [1.29, 1.82) is 0 Å². The van der Waals surface area contributed by atoms with Crippen LogP contribution in [-0.2, 0) is 9.84 Å². The minimum atomic E-state index is -3.25. The van der Waals surface area contributed by atoms with Gasteiger partial charge in [0.1, 0.15) is 0 Å². The van der Waals surface area contributed by atoms with Crippen LogP contribution in [0.4, 0.5) is 0 Å². The molecular formula is C14H11N3O4S2. The second kappa shape index (κ2) is 5.60. The van der Waals surface area contributed by atoms with E-state index < -0.39 is 15.7 Å². The Bertz CT molecular complexity index is 972. The molecule has 0 saturated heterocycles. The van der Waals surface area contributed by atoms with Crippen LogP contribution in [0.1, 0.15) is 10.4 Å². The average Bonchev–Trinajstić information content (AvgIpc) is 3.15. The molecule has 9 heteroatoms. The van der Waals surface area contributed by atoms with Gasteiger partial charge in [0.05, 0.1) is 15.3 Å². The van der Waals surface area contributed by atoms with E-state index in [9.17, 15) is 13.2 Å². The molecule has 23 heavy (non-hydrogen) atoms. The van der Waals surface area contributed by atoms with Gasteiger partial charge >= 0.3 is 0 Å². The molecule has 2 N–H and O–H groups in total. The van der Waals surface area contributed by atoms with Crippen LogP contribution in [0, 0.1) is 0 Å². The van der Waals surface area contributed by atoms with Crippen molar-refractivity contribution in [3.05, 3.63) is 41.3 Å². The first kappa shape index (κ1) is 15.4. The van der Waals surface area contributed by atoms with Gasteiger partial charge < -0.3 is 10.3 Å². The standard InChI is InChI=1S/C14H11N3O4S2/c1-23(19,20)10-4-2-8(3-5-10)13-16-14(21-17-13)11-6-9(7-22-11)12(15)18/h2-7H,1H3,(H2,15,18). The van der Waals surface area contributed by atoms with Crippen LogP contribution in [0.15, 0.2) is 45.1 Å². The molecule has 0 unspecified atom stereocenters. The SMILES string of the molecule is CS(=O)(=O)c1ccc(-c2noc(-c3cc(C(N)=O)cs3)n2)cc1. The Morgan fingerprint density at radius 2 is 1.96 bits per heavy atom. The van der Waals surface area contributed by atoms with Crippen molar-refractivity contribution in [1.82, 2.24) is 10.1 Å². The fourth-order valence-electron chi connectivity index (χ4n) is 1.87. The van der Waals surface area contributed by atoms with E-state index in [4.69, 9.17) is 10.3 Å². The molecule has 7 nitrogen and oxygen atoms in total. The molecule has 2 aromatic heterocycles. The predicted molar refractivity (Wildman–Crippen MR) is 84.7 cm³/mol. The minimum absolute atomic E-state index is 0.217. The fraction of sp³-hybridized carbons (Fsp3) is 0.0714. The number of rotatable bonds is 4. The number of thiophene rings is 1. The van der Waals surface area contributed by atoms with Crippen LogP contribution >= 0.6 is 11.3 Å². The molecule has 3 rings (SSSR count). The lowest BCUT2D eigenvalue weighted by molar-refractivity contribution is 0.100. The van der Waals surface area contributed by atoms with Gasteiger partial charge in [-0.2, -0.15) is 4.98 Å². The molecule has 3 aromatic rings. The number of hydrogen-bond acceptors (Lipinski definition) is 7. The van der Waals surface area contributed by atoms with Gasteiger partial charge in [-0.25, -0.2) is 8.42 Å². The Balaban J connectivity index is 1.90. The number of primary amides is 1. The van der Waals surface area contributed by atoms with Crippen LogP contribution in [0.25, 0.3) is 22.2 Å². The van der Waals surface area contributed by atoms with Crippen LogP contribution in [0.5, 0.6) is 0 Å². The lowest BCUT2D eigenvalue weighted by Crippen LogP contribution is -2.08. The lowest BCUT2D eigenvalue weighted by atomic mass is 10.2. The van der Waals surface area contributed by atoms with Gasteiger partial charge in [0, 0.05) is 17.2 Å². The Morgan fingerprint density at radius 1 is 1.26 bits per heavy atom. The number of nitrogens with two attached hydrogens (primary N) is 1. The van der Waals surface area contributed by atoms with Crippen LogP contribution < -0.4 is 5.73 Å². The van der Waals surface area contributed by atoms with Crippen molar-refractivity contribution >= 4 is 27.1 Å². The lowest BCUT2D eigenvalue weighted by Gasteiger charge is -1.98. The second-order valence-electron chi connectivity index (χ2n) is 4.78. The quantitative estimate of drug-likeness (QED) is 0.769. The number of benzene rings is 1. The minimum Gasteiger partial charge on any atom is -0.366 e. The highest BCUT2D eigenvalue weighted by Crippen LogP contribution is 2.28. The first-order chi connectivity index (χ1) is 10.8. The van der Waals surface area contributed by atoms with E-state index >= 15 is 0 Å². The summed E-state index contributed by atoms with van der Waals surface area (Å²) in [4.78, 5) is 16.2. The highest BCUT2D eigenvalue weighted by molar-refractivity contribution is 7.90. The number of carbonyl (C=O) groups is 1. The number of hydrogen-bond donors (Lipinski definition) is 1. The third-order valence-electron chi connectivity index (χ3n) is 3.06. The van der Waals surface area contributed by atoms with Crippen molar-refractivity contribution in [2.45, 2.75) is 4.90 Å². The summed E-state index contributed by atoms with van der Waals surface area (Å²) in [6.07, 6.45) is 1.14. The molecular weight excluding hydrogens is 338 g/mol. The van der Waals surface area contributed by atoms with E-state index in [0.717, 1.165) is 6.26 Å². The smallest absolute Gasteiger partial charge is 0.268 e. The summed E-state index contributed by atoms with van der Waals surface area (Å²) in [5.74, 6) is 0.0716. The Labute approximate surface area is 135 Å². The van der Waals surface area contributed by atoms with E-state index in [2.05, 4.69) is 10.1 Å². The van der Waals surface area contributed by atoms with Gasteiger partial charge in [0.2, 0.25) is 11.7 Å². The molecule has 0 fully saturated rings. The van der Waals surface area contributed by atoms with Gasteiger partial charge in [-0.05, 0) is 30.3 Å². The summed E-state index contributed by atoms with van der Waals surface area (Å²) >= 11 is 1.27. The van der Waals surface area contributed by atoms with Gasteiger partial charge in [-0.3, -0.25) is 4.79 Å². The van der Waals surface area contributed by atoms with Crippen LogP contribution in [0.2, 0.25) is 0 Å². The number of nitrogens with zero attached hydrogens (tertiary/aromatic N) is 2. The molecule has 1 aromatic carbocycles. The van der Waals surface area contributed by atoms with Gasteiger partial charge in [0.25, 0.3) is 5.89 Å². The number of amides is 1. The fourth-order valence-corrected chi connectivity index (χ4v) is 3.32.